The van der Waals surface area contributed by atoms with E-state index in [4.69, 9.17) is 28.9 Å². The van der Waals surface area contributed by atoms with Crippen LogP contribution in [0, 0.1) is 21.7 Å². The van der Waals surface area contributed by atoms with Gasteiger partial charge in [0.2, 0.25) is 0 Å². The molecule has 162 valence electrons. The topological polar surface area (TPSA) is 94.9 Å². The number of benzene rings is 2. The fourth-order valence-corrected chi connectivity index (χ4v) is 3.21. The molecular formula is C22H14Cl2F2N4O2. The molecule has 0 saturated carbocycles. The second-order valence-corrected chi connectivity index (χ2v) is 7.19. The SMILES string of the molecule is Nc1ccc(Cl)c(-c2ccncc2F)c1.O=[N+]([O-])c1ccc(Cl)c(-c2ccncc2F)c1. The number of nitro groups is 1. The van der Waals surface area contributed by atoms with E-state index in [-0.39, 0.29) is 21.8 Å². The minimum atomic E-state index is -0.574. The van der Waals surface area contributed by atoms with Gasteiger partial charge in [-0.1, -0.05) is 23.2 Å². The standard InChI is InChI=1S/C11H6ClFN2O2.C11H8ClFN2/c12-10-2-1-7(15(16)17)5-9(10)8-3-4-14-6-11(8)13;12-10-2-1-7(14)5-9(10)8-3-4-15-6-11(8)13/h1-6H;1-6H,14H2. The lowest BCUT2D eigenvalue weighted by Gasteiger charge is -2.06. The average Bonchev–Trinajstić information content (AvgIpc) is 2.77. The van der Waals surface area contributed by atoms with E-state index in [0.29, 0.717) is 21.8 Å². The minimum absolute atomic E-state index is 0.138. The van der Waals surface area contributed by atoms with E-state index >= 15 is 0 Å². The third-order valence-corrected chi connectivity index (χ3v) is 4.94. The number of nitrogen functional groups attached to an aromatic ring is 1. The van der Waals surface area contributed by atoms with Crippen molar-refractivity contribution < 1.29 is 13.7 Å². The van der Waals surface area contributed by atoms with E-state index in [2.05, 4.69) is 9.97 Å². The van der Waals surface area contributed by atoms with Crippen molar-refractivity contribution in [3.8, 4) is 22.3 Å². The Morgan fingerprint density at radius 1 is 0.781 bits per heavy atom. The highest BCUT2D eigenvalue weighted by Gasteiger charge is 2.14. The van der Waals surface area contributed by atoms with E-state index < -0.39 is 16.6 Å². The number of rotatable bonds is 3. The molecule has 0 amide bonds. The first-order valence-corrected chi connectivity index (χ1v) is 9.72. The van der Waals surface area contributed by atoms with Gasteiger partial charge in [-0.2, -0.15) is 0 Å². The molecule has 0 aliphatic heterocycles. The third kappa shape index (κ3) is 5.35. The van der Waals surface area contributed by atoms with E-state index in [1.54, 1.807) is 24.3 Å². The number of hydrogen-bond acceptors (Lipinski definition) is 5. The normalized spacial score (nSPS) is 10.2. The highest BCUT2D eigenvalue weighted by atomic mass is 35.5. The Labute approximate surface area is 191 Å². The number of pyridine rings is 2. The Morgan fingerprint density at radius 3 is 1.78 bits per heavy atom. The van der Waals surface area contributed by atoms with Crippen LogP contribution in [-0.2, 0) is 0 Å². The van der Waals surface area contributed by atoms with Crippen molar-refractivity contribution in [2.24, 2.45) is 0 Å². The molecule has 0 aliphatic rings. The summed E-state index contributed by atoms with van der Waals surface area (Å²) in [5.74, 6) is -0.986. The van der Waals surface area contributed by atoms with Gasteiger partial charge >= 0.3 is 0 Å². The molecule has 6 nitrogen and oxygen atoms in total. The zero-order chi connectivity index (χ0) is 23.3. The van der Waals surface area contributed by atoms with Crippen molar-refractivity contribution in [1.82, 2.24) is 9.97 Å². The number of nitro benzene ring substituents is 1. The van der Waals surface area contributed by atoms with Crippen LogP contribution in [-0.4, -0.2) is 14.9 Å². The van der Waals surface area contributed by atoms with Crippen LogP contribution in [0.15, 0.2) is 73.3 Å². The summed E-state index contributed by atoms with van der Waals surface area (Å²) in [6.07, 6.45) is 5.09. The van der Waals surface area contributed by atoms with Crippen molar-refractivity contribution in [2.45, 2.75) is 0 Å². The van der Waals surface area contributed by atoms with Gasteiger partial charge in [-0.05, 0) is 36.4 Å². The molecule has 10 heteroatoms. The van der Waals surface area contributed by atoms with Crippen LogP contribution in [0.4, 0.5) is 20.2 Å². The summed E-state index contributed by atoms with van der Waals surface area (Å²) in [5.41, 5.74) is 7.48. The highest BCUT2D eigenvalue weighted by Crippen LogP contribution is 2.33. The van der Waals surface area contributed by atoms with Gasteiger partial charge in [-0.25, -0.2) is 8.78 Å². The molecule has 2 aromatic heterocycles. The van der Waals surface area contributed by atoms with Gasteiger partial charge < -0.3 is 5.73 Å². The Balaban J connectivity index is 0.000000182. The van der Waals surface area contributed by atoms with Crippen molar-refractivity contribution in [1.29, 1.82) is 0 Å². The molecule has 4 rings (SSSR count). The predicted octanol–water partition coefficient (Wildman–Crippen LogP) is 6.57. The van der Waals surface area contributed by atoms with Gasteiger partial charge in [0.25, 0.3) is 5.69 Å². The monoisotopic (exact) mass is 474 g/mol. The van der Waals surface area contributed by atoms with Gasteiger partial charge in [-0.15, -0.1) is 0 Å². The van der Waals surface area contributed by atoms with Crippen LogP contribution < -0.4 is 5.73 Å². The maximum atomic E-state index is 13.5. The molecule has 0 radical (unpaired) electrons. The van der Waals surface area contributed by atoms with Crippen LogP contribution in [0.1, 0.15) is 0 Å². The summed E-state index contributed by atoms with van der Waals surface area (Å²) in [7, 11) is 0. The fourth-order valence-electron chi connectivity index (χ4n) is 2.77. The Bertz CT molecular complexity index is 1290. The molecule has 2 heterocycles. The van der Waals surface area contributed by atoms with Crippen LogP contribution in [0.25, 0.3) is 22.3 Å². The maximum absolute atomic E-state index is 13.5. The summed E-state index contributed by atoms with van der Waals surface area (Å²) in [4.78, 5) is 17.4. The Kier molecular flexibility index (Phi) is 7.29. The predicted molar refractivity (Wildman–Crippen MR) is 120 cm³/mol. The molecule has 0 fully saturated rings. The number of anilines is 1. The molecule has 0 spiro atoms. The maximum Gasteiger partial charge on any atom is 0.270 e. The van der Waals surface area contributed by atoms with Gasteiger partial charge in [0, 0.05) is 62.5 Å². The second kappa shape index (κ2) is 10.1. The van der Waals surface area contributed by atoms with Gasteiger partial charge in [0.05, 0.1) is 17.3 Å². The molecule has 0 unspecified atom stereocenters. The van der Waals surface area contributed by atoms with Gasteiger partial charge in [-0.3, -0.25) is 20.1 Å². The number of aromatic nitrogens is 2. The van der Waals surface area contributed by atoms with Crippen molar-refractivity contribution in [3.63, 3.8) is 0 Å². The van der Waals surface area contributed by atoms with E-state index in [1.807, 2.05) is 0 Å². The number of hydrogen-bond donors (Lipinski definition) is 1. The lowest BCUT2D eigenvalue weighted by molar-refractivity contribution is -0.384. The molecule has 2 N–H and O–H groups in total. The third-order valence-electron chi connectivity index (χ3n) is 4.28. The zero-order valence-corrected chi connectivity index (χ0v) is 17.7. The summed E-state index contributed by atoms with van der Waals surface area (Å²) in [6.45, 7) is 0. The number of nitrogens with two attached hydrogens (primary N) is 1. The van der Waals surface area contributed by atoms with E-state index in [9.17, 15) is 18.9 Å². The summed E-state index contributed by atoms with van der Waals surface area (Å²) in [6, 6.07) is 11.8. The lowest BCUT2D eigenvalue weighted by Crippen LogP contribution is -1.91. The lowest BCUT2D eigenvalue weighted by atomic mass is 10.1. The zero-order valence-electron chi connectivity index (χ0n) is 16.2. The fraction of sp³-hybridized carbons (Fsp3) is 0. The molecular weight excluding hydrogens is 461 g/mol. The smallest absolute Gasteiger partial charge is 0.270 e. The molecule has 0 bridgehead atoms. The molecule has 0 saturated heterocycles. The Morgan fingerprint density at radius 2 is 1.28 bits per heavy atom. The summed E-state index contributed by atoms with van der Waals surface area (Å²) in [5, 5.41) is 11.4. The highest BCUT2D eigenvalue weighted by molar-refractivity contribution is 6.33. The molecule has 0 atom stereocenters. The first-order chi connectivity index (χ1) is 15.3. The second-order valence-electron chi connectivity index (χ2n) is 6.37. The first kappa shape index (κ1) is 23.1. The van der Waals surface area contributed by atoms with Crippen LogP contribution in [0.5, 0.6) is 0 Å². The molecule has 2 aromatic carbocycles. The minimum Gasteiger partial charge on any atom is -0.399 e. The van der Waals surface area contributed by atoms with Crippen molar-refractivity contribution in [2.75, 3.05) is 5.73 Å². The van der Waals surface area contributed by atoms with Crippen LogP contribution >= 0.6 is 23.2 Å². The van der Waals surface area contributed by atoms with Crippen molar-refractivity contribution in [3.05, 3.63) is 105 Å². The largest absolute Gasteiger partial charge is 0.399 e. The quantitative estimate of drug-likeness (QED) is 0.205. The van der Waals surface area contributed by atoms with E-state index in [0.717, 1.165) is 12.4 Å². The number of non-ortho nitro benzene ring substituents is 1. The average molecular weight is 475 g/mol. The molecule has 4 aromatic rings. The van der Waals surface area contributed by atoms with Crippen LogP contribution in [0.2, 0.25) is 10.0 Å². The van der Waals surface area contributed by atoms with Gasteiger partial charge in [0.15, 0.2) is 0 Å². The van der Waals surface area contributed by atoms with Crippen LogP contribution in [0.3, 0.4) is 0 Å². The van der Waals surface area contributed by atoms with E-state index in [1.165, 1.54) is 36.7 Å². The molecule has 0 aliphatic carbocycles. The van der Waals surface area contributed by atoms with Gasteiger partial charge in [0.1, 0.15) is 11.6 Å². The number of nitrogens with zero attached hydrogens (tertiary/aromatic N) is 3. The summed E-state index contributed by atoms with van der Waals surface area (Å²) >= 11 is 11.9. The summed E-state index contributed by atoms with van der Waals surface area (Å²) < 4.78 is 26.9. The number of halogens is 4. The Hall–Kier alpha value is -3.62. The first-order valence-electron chi connectivity index (χ1n) is 8.96. The molecule has 32 heavy (non-hydrogen) atoms. The van der Waals surface area contributed by atoms with Crippen molar-refractivity contribution >= 4 is 34.6 Å².